The van der Waals surface area contributed by atoms with Gasteiger partial charge in [0.05, 0.1) is 48.6 Å². The summed E-state index contributed by atoms with van der Waals surface area (Å²) in [5.41, 5.74) is 0.684. The average molecular weight is 516 g/mol. The molecule has 196 valence electrons. The highest BCUT2D eigenvalue weighted by Crippen LogP contribution is 2.55. The minimum atomic E-state index is -2.34. The minimum Gasteiger partial charge on any atom is -0.493 e. The molecule has 1 aliphatic heterocycles. The second-order valence-corrected chi connectivity index (χ2v) is 14.2. The Balaban J connectivity index is 2.32. The first-order valence-corrected chi connectivity index (χ1v) is 15.0. The maximum atomic E-state index is 13.5. The molecule has 3 rings (SSSR count). The van der Waals surface area contributed by atoms with E-state index in [1.165, 1.54) is 26.5 Å². The lowest BCUT2D eigenvalue weighted by Gasteiger charge is -2.39. The molecule has 2 aromatic rings. The van der Waals surface area contributed by atoms with Gasteiger partial charge >= 0.3 is 12.1 Å². The molecule has 1 aliphatic rings. The van der Waals surface area contributed by atoms with Crippen molar-refractivity contribution >= 4 is 25.3 Å². The van der Waals surface area contributed by atoms with Gasteiger partial charge in [-0.05, 0) is 17.5 Å². The lowest BCUT2D eigenvalue weighted by molar-refractivity contribution is -0.155. The van der Waals surface area contributed by atoms with Gasteiger partial charge in [0.25, 0.3) is 0 Å². The van der Waals surface area contributed by atoms with Crippen molar-refractivity contribution < 1.29 is 33.3 Å². The summed E-state index contributed by atoms with van der Waals surface area (Å²) in [5, 5.41) is 1.22. The Morgan fingerprint density at radius 2 is 1.56 bits per heavy atom. The molecule has 0 saturated carbocycles. The third-order valence-corrected chi connectivity index (χ3v) is 11.9. The summed E-state index contributed by atoms with van der Waals surface area (Å²) in [7, 11) is 4.95. The smallest absolute Gasteiger partial charge is 0.410 e. The van der Waals surface area contributed by atoms with E-state index < -0.39 is 38.3 Å². The van der Waals surface area contributed by atoms with Crippen LogP contribution in [0.25, 0.3) is 0 Å². The van der Waals surface area contributed by atoms with Crippen LogP contribution in [0.2, 0.25) is 18.6 Å². The van der Waals surface area contributed by atoms with Crippen molar-refractivity contribution in [1.29, 1.82) is 0 Å². The van der Waals surface area contributed by atoms with Crippen molar-refractivity contribution in [2.45, 2.75) is 43.7 Å². The average Bonchev–Trinajstić information content (AvgIpc) is 3.21. The molecular weight excluding hydrogens is 478 g/mol. The van der Waals surface area contributed by atoms with Gasteiger partial charge < -0.3 is 23.7 Å². The first-order valence-electron chi connectivity index (χ1n) is 11.9. The van der Waals surface area contributed by atoms with Crippen LogP contribution < -0.4 is 14.7 Å². The maximum Gasteiger partial charge on any atom is 0.410 e. The van der Waals surface area contributed by atoms with Gasteiger partial charge in [0.2, 0.25) is 0 Å². The van der Waals surface area contributed by atoms with Crippen LogP contribution in [0.1, 0.15) is 18.5 Å². The predicted molar refractivity (Wildman–Crippen MR) is 140 cm³/mol. The fourth-order valence-electron chi connectivity index (χ4n) is 6.01. The number of hydrogen-bond donors (Lipinski definition) is 0. The zero-order chi connectivity index (χ0) is 26.6. The Morgan fingerprint density at radius 3 is 2.08 bits per heavy atom. The number of para-hydroxylation sites is 1. The molecule has 0 bridgehead atoms. The molecule has 9 heteroatoms. The van der Waals surface area contributed by atoms with Gasteiger partial charge in [0.1, 0.15) is 0 Å². The van der Waals surface area contributed by atoms with E-state index in [2.05, 4.69) is 32.2 Å². The van der Waals surface area contributed by atoms with Crippen molar-refractivity contribution in [2.24, 2.45) is 5.92 Å². The molecule has 1 heterocycles. The maximum absolute atomic E-state index is 13.5. The second kappa shape index (κ2) is 11.3. The Morgan fingerprint density at radius 1 is 0.889 bits per heavy atom. The molecule has 0 unspecified atom stereocenters. The molecule has 0 radical (unpaired) electrons. The van der Waals surface area contributed by atoms with Crippen LogP contribution in [-0.2, 0) is 19.0 Å². The van der Waals surface area contributed by atoms with E-state index in [1.807, 2.05) is 36.4 Å². The van der Waals surface area contributed by atoms with Crippen LogP contribution in [-0.4, -0.2) is 72.7 Å². The van der Waals surface area contributed by atoms with Gasteiger partial charge in [-0.3, -0.25) is 4.90 Å². The molecule has 8 nitrogen and oxygen atoms in total. The highest BCUT2D eigenvalue weighted by atomic mass is 28.3. The van der Waals surface area contributed by atoms with Crippen LogP contribution in [0.5, 0.6) is 11.5 Å². The second-order valence-electron chi connectivity index (χ2n) is 9.55. The van der Waals surface area contributed by atoms with E-state index in [0.29, 0.717) is 11.5 Å². The van der Waals surface area contributed by atoms with Crippen molar-refractivity contribution in [3.63, 3.8) is 0 Å². The Hall–Kier alpha value is -3.04. The number of benzene rings is 2. The lowest BCUT2D eigenvalue weighted by Crippen LogP contribution is -2.57. The monoisotopic (exact) mass is 515 g/mol. The molecule has 1 fully saturated rings. The summed E-state index contributed by atoms with van der Waals surface area (Å²) in [5.74, 6) is 0.475. The summed E-state index contributed by atoms with van der Waals surface area (Å²) in [6.45, 7) is 6.65. The normalized spacial score (nSPS) is 22.6. The SMILES string of the molecule is COC(=O)[C@@H](OC)[C@@H]1[C@@H]([Si](C)(C)c2ccccc2)[C@H](C)[C@H](c2cccc(OC)c2OC)N1C(=O)OC. The predicted octanol–water partition coefficient (Wildman–Crippen LogP) is 4.01. The quantitative estimate of drug-likeness (QED) is 0.388. The van der Waals surface area contributed by atoms with Gasteiger partial charge in [0, 0.05) is 12.7 Å². The molecule has 36 heavy (non-hydrogen) atoms. The summed E-state index contributed by atoms with van der Waals surface area (Å²) in [6, 6.07) is 14.8. The van der Waals surface area contributed by atoms with E-state index in [4.69, 9.17) is 23.7 Å². The summed E-state index contributed by atoms with van der Waals surface area (Å²) >= 11 is 0. The highest BCUT2D eigenvalue weighted by Gasteiger charge is 2.60. The van der Waals surface area contributed by atoms with Gasteiger partial charge in [-0.2, -0.15) is 0 Å². The molecule has 0 aliphatic carbocycles. The van der Waals surface area contributed by atoms with Crippen LogP contribution >= 0.6 is 0 Å². The molecule has 5 atom stereocenters. The number of ether oxygens (including phenoxy) is 5. The fourth-order valence-corrected chi connectivity index (χ4v) is 10.1. The van der Waals surface area contributed by atoms with Crippen LogP contribution in [0, 0.1) is 5.92 Å². The van der Waals surface area contributed by atoms with E-state index in [9.17, 15) is 9.59 Å². The number of methoxy groups -OCH3 is 5. The molecular formula is C27H37NO7Si. The molecule has 0 N–H and O–H groups in total. The van der Waals surface area contributed by atoms with Crippen LogP contribution in [0.4, 0.5) is 4.79 Å². The number of carbonyl (C=O) groups excluding carboxylic acids is 2. The number of hydrogen-bond acceptors (Lipinski definition) is 7. The van der Waals surface area contributed by atoms with E-state index >= 15 is 0 Å². The summed E-state index contributed by atoms with van der Waals surface area (Å²) in [4.78, 5) is 28.1. The van der Waals surface area contributed by atoms with Crippen molar-refractivity contribution in [1.82, 2.24) is 4.90 Å². The zero-order valence-electron chi connectivity index (χ0n) is 22.3. The highest BCUT2D eigenvalue weighted by molar-refractivity contribution is 6.91. The van der Waals surface area contributed by atoms with Gasteiger partial charge in [0.15, 0.2) is 17.6 Å². The molecule has 1 saturated heterocycles. The molecule has 0 aromatic heterocycles. The number of rotatable bonds is 8. The summed E-state index contributed by atoms with van der Waals surface area (Å²) in [6.07, 6.45) is -1.55. The minimum absolute atomic E-state index is 0.0840. The number of carbonyl (C=O) groups is 2. The molecule has 1 amide bonds. The van der Waals surface area contributed by atoms with E-state index in [0.717, 1.165) is 5.56 Å². The number of esters is 1. The van der Waals surface area contributed by atoms with E-state index in [1.54, 1.807) is 19.1 Å². The van der Waals surface area contributed by atoms with Crippen molar-refractivity contribution in [2.75, 3.05) is 35.5 Å². The topological polar surface area (TPSA) is 83.5 Å². The Kier molecular flexibility index (Phi) is 8.68. The Bertz CT molecular complexity index is 1060. The number of likely N-dealkylation sites (tertiary alicyclic amines) is 1. The third kappa shape index (κ3) is 4.69. The zero-order valence-corrected chi connectivity index (χ0v) is 23.3. The largest absolute Gasteiger partial charge is 0.493 e. The van der Waals surface area contributed by atoms with Crippen molar-refractivity contribution in [3.05, 3.63) is 54.1 Å². The first-order chi connectivity index (χ1) is 17.2. The van der Waals surface area contributed by atoms with Crippen LogP contribution in [0.15, 0.2) is 48.5 Å². The Labute approximate surface area is 214 Å². The summed E-state index contributed by atoms with van der Waals surface area (Å²) < 4.78 is 27.5. The molecule has 2 aromatic carbocycles. The third-order valence-electron chi connectivity index (χ3n) is 7.54. The standard InChI is InChI=1S/C27H37NO7Si/c1-17-21(19-15-12-16-20(31-2)23(19)32-3)28(27(30)35-6)22(24(33-4)26(29)34-5)25(17)36(7,8)18-13-10-9-11-14-18/h9-17,21-22,24-25H,1-8H3/t17-,21-,22-,24+,25+/m1/s1. The molecule has 0 spiro atoms. The van der Waals surface area contributed by atoms with Gasteiger partial charge in [-0.1, -0.05) is 67.7 Å². The fraction of sp³-hybridized carbons (Fsp3) is 0.481. The lowest BCUT2D eigenvalue weighted by atomic mass is 9.93. The van der Waals surface area contributed by atoms with E-state index in [-0.39, 0.29) is 11.5 Å². The number of nitrogens with zero attached hydrogens (tertiary/aromatic N) is 1. The first kappa shape index (κ1) is 27.5. The van der Waals surface area contributed by atoms with Crippen LogP contribution in [0.3, 0.4) is 0 Å². The number of amides is 1. The van der Waals surface area contributed by atoms with Gasteiger partial charge in [-0.15, -0.1) is 0 Å². The van der Waals surface area contributed by atoms with Gasteiger partial charge in [-0.25, -0.2) is 9.59 Å². The van der Waals surface area contributed by atoms with Crippen molar-refractivity contribution in [3.8, 4) is 11.5 Å².